The number of nitrogens with two attached hydrogens (primary N) is 1. The summed E-state index contributed by atoms with van der Waals surface area (Å²) in [6.45, 7) is 8.31. The molecule has 1 aromatic heterocycles. The molecule has 2 rings (SSSR count). The lowest BCUT2D eigenvalue weighted by Gasteiger charge is -2.27. The van der Waals surface area contributed by atoms with Gasteiger partial charge in [-0.2, -0.15) is 5.10 Å². The van der Waals surface area contributed by atoms with Gasteiger partial charge in [-0.05, 0) is 27.7 Å². The van der Waals surface area contributed by atoms with Crippen LogP contribution in [0, 0.1) is 0 Å². The van der Waals surface area contributed by atoms with Crippen molar-refractivity contribution < 1.29 is 4.74 Å². The molecule has 0 spiro atoms. The van der Waals surface area contributed by atoms with Gasteiger partial charge in [0.2, 0.25) is 0 Å². The fourth-order valence-corrected chi connectivity index (χ4v) is 2.63. The van der Waals surface area contributed by atoms with Crippen LogP contribution in [0.4, 0.5) is 5.82 Å². The molecule has 16 heavy (non-hydrogen) atoms. The van der Waals surface area contributed by atoms with Gasteiger partial charge in [0.25, 0.3) is 0 Å². The Bertz CT molecular complexity index is 392. The summed E-state index contributed by atoms with van der Waals surface area (Å²) in [6.07, 6.45) is 2.67. The maximum Gasteiger partial charge on any atom is 0.164 e. The molecule has 0 aromatic carbocycles. The van der Waals surface area contributed by atoms with Crippen LogP contribution in [0.5, 0.6) is 0 Å². The molecular weight excluding hydrogens is 226 g/mol. The Labute approximate surface area is 101 Å². The number of hydrogen-bond donors (Lipinski definition) is 1. The zero-order chi connectivity index (χ0) is 12.1. The van der Waals surface area contributed by atoms with Crippen molar-refractivity contribution >= 4 is 17.4 Å². The van der Waals surface area contributed by atoms with E-state index in [1.165, 1.54) is 0 Å². The SMILES string of the molecule is CC1(C)CC(n2cc(Cl)c(N)n2)C(C)(C)O1. The third kappa shape index (κ3) is 1.92. The van der Waals surface area contributed by atoms with Crippen LogP contribution in [0.25, 0.3) is 0 Å². The molecule has 2 heterocycles. The van der Waals surface area contributed by atoms with Crippen molar-refractivity contribution in [3.8, 4) is 0 Å². The number of halogens is 1. The number of rotatable bonds is 1. The first-order valence-electron chi connectivity index (χ1n) is 5.42. The van der Waals surface area contributed by atoms with Gasteiger partial charge in [-0.3, -0.25) is 4.68 Å². The molecule has 1 aromatic rings. The van der Waals surface area contributed by atoms with Crippen LogP contribution in [0.3, 0.4) is 0 Å². The molecule has 0 radical (unpaired) electrons. The van der Waals surface area contributed by atoms with Gasteiger partial charge in [0.05, 0.1) is 17.2 Å². The Morgan fingerprint density at radius 2 is 2.12 bits per heavy atom. The minimum absolute atomic E-state index is 0.138. The zero-order valence-corrected chi connectivity index (χ0v) is 10.9. The van der Waals surface area contributed by atoms with Gasteiger partial charge in [-0.1, -0.05) is 11.6 Å². The Kier molecular flexibility index (Phi) is 2.48. The third-order valence-corrected chi connectivity index (χ3v) is 3.35. The summed E-state index contributed by atoms with van der Waals surface area (Å²) in [7, 11) is 0. The Hall–Kier alpha value is -0.740. The Morgan fingerprint density at radius 1 is 1.50 bits per heavy atom. The molecule has 0 saturated carbocycles. The van der Waals surface area contributed by atoms with Gasteiger partial charge < -0.3 is 10.5 Å². The smallest absolute Gasteiger partial charge is 0.164 e. The maximum absolute atomic E-state index is 6.01. The molecule has 1 aliphatic rings. The molecular formula is C11H18ClN3O. The summed E-state index contributed by atoms with van der Waals surface area (Å²) in [5.74, 6) is 0.377. The minimum Gasteiger partial charge on any atom is -0.381 e. The van der Waals surface area contributed by atoms with Crippen molar-refractivity contribution in [1.82, 2.24) is 9.78 Å². The van der Waals surface area contributed by atoms with E-state index in [1.807, 2.05) is 4.68 Å². The van der Waals surface area contributed by atoms with Crippen LogP contribution in [0.2, 0.25) is 5.02 Å². The molecule has 1 aliphatic heterocycles. The molecule has 1 fully saturated rings. The first-order valence-corrected chi connectivity index (χ1v) is 5.79. The van der Waals surface area contributed by atoms with E-state index < -0.39 is 0 Å². The number of hydrogen-bond acceptors (Lipinski definition) is 3. The van der Waals surface area contributed by atoms with Crippen molar-refractivity contribution in [3.05, 3.63) is 11.2 Å². The van der Waals surface area contributed by atoms with E-state index in [9.17, 15) is 0 Å². The molecule has 1 unspecified atom stereocenters. The quantitative estimate of drug-likeness (QED) is 0.825. The van der Waals surface area contributed by atoms with E-state index in [0.717, 1.165) is 6.42 Å². The predicted octanol–water partition coefficient (Wildman–Crippen LogP) is 2.64. The van der Waals surface area contributed by atoms with Crippen molar-refractivity contribution in [2.24, 2.45) is 0 Å². The molecule has 4 nitrogen and oxygen atoms in total. The van der Waals surface area contributed by atoms with E-state index in [1.54, 1.807) is 6.20 Å². The lowest BCUT2D eigenvalue weighted by molar-refractivity contribution is -0.0737. The second-order valence-electron chi connectivity index (χ2n) is 5.53. The van der Waals surface area contributed by atoms with Gasteiger partial charge in [0, 0.05) is 12.6 Å². The van der Waals surface area contributed by atoms with Crippen LogP contribution < -0.4 is 5.73 Å². The molecule has 5 heteroatoms. The molecule has 90 valence electrons. The summed E-state index contributed by atoms with van der Waals surface area (Å²) in [5, 5.41) is 4.74. The highest BCUT2D eigenvalue weighted by atomic mass is 35.5. The van der Waals surface area contributed by atoms with Crippen LogP contribution >= 0.6 is 11.6 Å². The minimum atomic E-state index is -0.259. The van der Waals surface area contributed by atoms with Crippen LogP contribution in [0.15, 0.2) is 6.20 Å². The van der Waals surface area contributed by atoms with Gasteiger partial charge in [0.1, 0.15) is 5.02 Å². The number of ether oxygens (including phenoxy) is 1. The van der Waals surface area contributed by atoms with Gasteiger partial charge >= 0.3 is 0 Å². The highest BCUT2D eigenvalue weighted by Crippen LogP contribution is 2.45. The lowest BCUT2D eigenvalue weighted by Crippen LogP contribution is -2.31. The normalized spacial score (nSPS) is 27.2. The molecule has 0 aliphatic carbocycles. The van der Waals surface area contributed by atoms with E-state index in [0.29, 0.717) is 10.8 Å². The standard InChI is InChI=1S/C11H18ClN3O/c1-10(2)5-8(11(3,4)16-10)15-6-7(12)9(13)14-15/h6,8H,5H2,1-4H3,(H2,13,14). The van der Waals surface area contributed by atoms with E-state index >= 15 is 0 Å². The van der Waals surface area contributed by atoms with Gasteiger partial charge in [-0.15, -0.1) is 0 Å². The second-order valence-corrected chi connectivity index (χ2v) is 5.93. The Balaban J connectivity index is 2.34. The number of nitrogen functional groups attached to an aromatic ring is 1. The van der Waals surface area contributed by atoms with Crippen molar-refractivity contribution in [3.63, 3.8) is 0 Å². The van der Waals surface area contributed by atoms with Crippen LogP contribution in [-0.2, 0) is 4.74 Å². The van der Waals surface area contributed by atoms with Crippen LogP contribution in [0.1, 0.15) is 40.2 Å². The fourth-order valence-electron chi connectivity index (χ4n) is 2.49. The Morgan fingerprint density at radius 3 is 2.50 bits per heavy atom. The van der Waals surface area contributed by atoms with Crippen molar-refractivity contribution in [2.75, 3.05) is 5.73 Å². The van der Waals surface area contributed by atoms with Crippen LogP contribution in [-0.4, -0.2) is 21.0 Å². The van der Waals surface area contributed by atoms with E-state index in [2.05, 4.69) is 32.8 Å². The summed E-state index contributed by atoms with van der Waals surface area (Å²) >= 11 is 5.92. The topological polar surface area (TPSA) is 53.1 Å². The average Bonchev–Trinajstić information content (AvgIpc) is 2.50. The molecule has 2 N–H and O–H groups in total. The van der Waals surface area contributed by atoms with E-state index in [-0.39, 0.29) is 17.2 Å². The fraction of sp³-hybridized carbons (Fsp3) is 0.727. The highest BCUT2D eigenvalue weighted by molar-refractivity contribution is 6.32. The van der Waals surface area contributed by atoms with Crippen molar-refractivity contribution in [1.29, 1.82) is 0 Å². The average molecular weight is 244 g/mol. The largest absolute Gasteiger partial charge is 0.381 e. The molecule has 1 saturated heterocycles. The van der Waals surface area contributed by atoms with Crippen molar-refractivity contribution in [2.45, 2.75) is 51.4 Å². The summed E-state index contributed by atoms with van der Waals surface area (Å²) < 4.78 is 7.83. The van der Waals surface area contributed by atoms with Gasteiger partial charge in [-0.25, -0.2) is 0 Å². The third-order valence-electron chi connectivity index (χ3n) is 3.06. The van der Waals surface area contributed by atoms with E-state index in [4.69, 9.17) is 22.1 Å². The molecule has 0 amide bonds. The predicted molar refractivity (Wildman–Crippen MR) is 64.5 cm³/mol. The second kappa shape index (κ2) is 3.37. The summed E-state index contributed by atoms with van der Waals surface area (Å²) in [5.41, 5.74) is 5.26. The zero-order valence-electron chi connectivity index (χ0n) is 10.1. The highest BCUT2D eigenvalue weighted by Gasteiger charge is 2.47. The first-order chi connectivity index (χ1) is 7.21. The maximum atomic E-state index is 6.01. The molecule has 1 atom stereocenters. The number of aromatic nitrogens is 2. The number of nitrogens with zero attached hydrogens (tertiary/aromatic N) is 2. The lowest BCUT2D eigenvalue weighted by atomic mass is 9.95. The summed E-state index contributed by atoms with van der Waals surface area (Å²) in [6, 6.07) is 0.164. The first kappa shape index (κ1) is 11.7. The van der Waals surface area contributed by atoms with Gasteiger partial charge in [0.15, 0.2) is 5.82 Å². The monoisotopic (exact) mass is 243 g/mol. The molecule has 0 bridgehead atoms. The summed E-state index contributed by atoms with van der Waals surface area (Å²) in [4.78, 5) is 0. The number of anilines is 1.